The fraction of sp³-hybridized carbons (Fsp3) is 0.217. The average molecular weight is 522 g/mol. The van der Waals surface area contributed by atoms with Crippen molar-refractivity contribution in [3.8, 4) is 17.0 Å². The van der Waals surface area contributed by atoms with Gasteiger partial charge >= 0.3 is 6.18 Å². The van der Waals surface area contributed by atoms with Gasteiger partial charge < -0.3 is 9.15 Å². The number of fused-ring (bicyclic) bond motifs is 1. The number of nitrogens with zero attached hydrogens (tertiary/aromatic N) is 2. The molecular weight excluding hydrogens is 503 g/mol. The average Bonchev–Trinajstić information content (AvgIpc) is 3.48. The lowest BCUT2D eigenvalue weighted by Crippen LogP contribution is -2.18. The van der Waals surface area contributed by atoms with Crippen LogP contribution >= 0.6 is 11.3 Å². The highest BCUT2D eigenvalue weighted by molar-refractivity contribution is 7.93. The van der Waals surface area contributed by atoms with E-state index in [0.717, 1.165) is 23.5 Å². The van der Waals surface area contributed by atoms with E-state index in [0.29, 0.717) is 40.4 Å². The molecule has 1 N–H and O–H groups in total. The van der Waals surface area contributed by atoms with Crippen LogP contribution in [0.1, 0.15) is 34.9 Å². The first-order valence-electron chi connectivity index (χ1n) is 10.4. The quantitative estimate of drug-likeness (QED) is 0.355. The largest absolute Gasteiger partial charge is 0.493 e. The Morgan fingerprint density at radius 1 is 1.14 bits per heavy atom. The van der Waals surface area contributed by atoms with E-state index in [4.69, 9.17) is 9.15 Å². The van der Waals surface area contributed by atoms with Gasteiger partial charge in [0.15, 0.2) is 11.0 Å². The van der Waals surface area contributed by atoms with E-state index in [1.54, 1.807) is 18.4 Å². The SMILES string of the molecule is Cc1nc(-c2cc(C(F)(F)F)ccc2[C@H]2CCOc3cc(S(=O)(=O)Nc4nccs4)ccc32)co1. The van der Waals surface area contributed by atoms with Crippen LogP contribution < -0.4 is 9.46 Å². The highest BCUT2D eigenvalue weighted by Crippen LogP contribution is 2.44. The molecule has 0 spiro atoms. The molecule has 0 saturated carbocycles. The van der Waals surface area contributed by atoms with Gasteiger partial charge in [0.05, 0.1) is 17.1 Å². The Bertz CT molecular complexity index is 1480. The van der Waals surface area contributed by atoms with Crippen LogP contribution in [0, 0.1) is 6.92 Å². The van der Waals surface area contributed by atoms with E-state index in [1.165, 1.54) is 30.7 Å². The van der Waals surface area contributed by atoms with Gasteiger partial charge in [-0.15, -0.1) is 11.3 Å². The zero-order valence-electron chi connectivity index (χ0n) is 18.2. The zero-order chi connectivity index (χ0) is 24.8. The van der Waals surface area contributed by atoms with Gasteiger partial charge in [0.25, 0.3) is 10.0 Å². The number of oxazole rings is 1. The minimum Gasteiger partial charge on any atom is -0.493 e. The second-order valence-electron chi connectivity index (χ2n) is 7.88. The predicted molar refractivity (Wildman–Crippen MR) is 123 cm³/mol. The summed E-state index contributed by atoms with van der Waals surface area (Å²) in [6.45, 7) is 1.88. The van der Waals surface area contributed by atoms with Gasteiger partial charge in [-0.2, -0.15) is 13.2 Å². The molecule has 7 nitrogen and oxygen atoms in total. The summed E-state index contributed by atoms with van der Waals surface area (Å²) in [5.74, 6) is 0.348. The number of benzene rings is 2. The summed E-state index contributed by atoms with van der Waals surface area (Å²) >= 11 is 1.15. The summed E-state index contributed by atoms with van der Waals surface area (Å²) in [5, 5.41) is 1.88. The van der Waals surface area contributed by atoms with Crippen LogP contribution in [-0.4, -0.2) is 25.0 Å². The van der Waals surface area contributed by atoms with E-state index in [2.05, 4.69) is 14.7 Å². The molecule has 182 valence electrons. The lowest BCUT2D eigenvalue weighted by molar-refractivity contribution is -0.137. The highest BCUT2D eigenvalue weighted by Gasteiger charge is 2.34. The van der Waals surface area contributed by atoms with Gasteiger partial charge in [-0.25, -0.2) is 18.4 Å². The van der Waals surface area contributed by atoms with Gasteiger partial charge in [-0.1, -0.05) is 12.1 Å². The lowest BCUT2D eigenvalue weighted by Gasteiger charge is -2.28. The number of alkyl halides is 3. The molecule has 0 fully saturated rings. The van der Waals surface area contributed by atoms with E-state index in [1.807, 2.05) is 0 Å². The molecule has 0 amide bonds. The van der Waals surface area contributed by atoms with Gasteiger partial charge in [0, 0.05) is 41.6 Å². The van der Waals surface area contributed by atoms with Gasteiger partial charge in [-0.05, 0) is 30.2 Å². The Labute approximate surface area is 202 Å². The number of nitrogens with one attached hydrogen (secondary N) is 1. The lowest BCUT2D eigenvalue weighted by atomic mass is 9.83. The van der Waals surface area contributed by atoms with Crippen LogP contribution in [0.3, 0.4) is 0 Å². The summed E-state index contributed by atoms with van der Waals surface area (Å²) in [6, 6.07) is 8.04. The number of sulfonamides is 1. The molecule has 1 aliphatic heterocycles. The molecule has 0 aliphatic carbocycles. The van der Waals surface area contributed by atoms with Crippen molar-refractivity contribution in [2.45, 2.75) is 30.3 Å². The van der Waals surface area contributed by atoms with Crippen molar-refractivity contribution >= 4 is 26.5 Å². The molecule has 4 aromatic rings. The molecule has 2 aromatic heterocycles. The highest BCUT2D eigenvalue weighted by atomic mass is 32.2. The first-order chi connectivity index (χ1) is 16.6. The van der Waals surface area contributed by atoms with Crippen molar-refractivity contribution in [3.05, 3.63) is 76.8 Å². The van der Waals surface area contributed by atoms with Gasteiger partial charge in [0.2, 0.25) is 0 Å². The van der Waals surface area contributed by atoms with Crippen molar-refractivity contribution in [1.29, 1.82) is 0 Å². The second kappa shape index (κ2) is 8.68. The summed E-state index contributed by atoms with van der Waals surface area (Å²) in [6.07, 6.45) is -1.21. The monoisotopic (exact) mass is 521 g/mol. The first-order valence-corrected chi connectivity index (χ1v) is 12.8. The Morgan fingerprint density at radius 3 is 2.63 bits per heavy atom. The van der Waals surface area contributed by atoms with Crippen molar-refractivity contribution in [3.63, 3.8) is 0 Å². The molecule has 0 radical (unpaired) electrons. The molecule has 5 rings (SSSR count). The van der Waals surface area contributed by atoms with Crippen LogP contribution in [0.25, 0.3) is 11.3 Å². The third kappa shape index (κ3) is 4.63. The molecule has 0 saturated heterocycles. The number of halogens is 3. The van der Waals surface area contributed by atoms with Crippen LogP contribution in [0.5, 0.6) is 5.75 Å². The standard InChI is InChI=1S/C23H18F3N3O4S2/c1-13-28-20(12-33-13)19-10-14(23(24,25)26)2-4-16(19)17-6-8-32-21-11-15(3-5-18(17)21)35(30,31)29-22-27-7-9-34-22/h2-5,7,9-12,17H,6,8H2,1H3,(H,27,29)/t17-/m1/s1. The van der Waals surface area contributed by atoms with E-state index < -0.39 is 21.8 Å². The number of hydrogen-bond acceptors (Lipinski definition) is 7. The Hall–Kier alpha value is -3.38. The minimum absolute atomic E-state index is 0.00753. The molecule has 2 aromatic carbocycles. The summed E-state index contributed by atoms with van der Waals surface area (Å²) in [4.78, 5) is 8.17. The Morgan fingerprint density at radius 2 is 1.94 bits per heavy atom. The number of hydrogen-bond donors (Lipinski definition) is 1. The number of aromatic nitrogens is 2. The van der Waals surface area contributed by atoms with E-state index >= 15 is 0 Å². The molecule has 1 atom stereocenters. The molecule has 1 aliphatic rings. The van der Waals surface area contributed by atoms with Crippen molar-refractivity contribution in [2.75, 3.05) is 11.3 Å². The summed E-state index contributed by atoms with van der Waals surface area (Å²) in [7, 11) is -3.90. The van der Waals surface area contributed by atoms with Gasteiger partial charge in [-0.3, -0.25) is 4.72 Å². The van der Waals surface area contributed by atoms with Gasteiger partial charge in [0.1, 0.15) is 17.7 Å². The fourth-order valence-electron chi connectivity index (χ4n) is 4.05. The molecular formula is C23H18F3N3O4S2. The molecule has 12 heteroatoms. The number of aryl methyl sites for hydroxylation is 1. The summed E-state index contributed by atoms with van der Waals surface area (Å²) in [5.41, 5.74) is 1.09. The Balaban J connectivity index is 1.56. The smallest absolute Gasteiger partial charge is 0.416 e. The third-order valence-electron chi connectivity index (χ3n) is 5.64. The molecule has 35 heavy (non-hydrogen) atoms. The Kier molecular flexibility index (Phi) is 5.80. The maximum Gasteiger partial charge on any atom is 0.416 e. The summed E-state index contributed by atoms with van der Waals surface area (Å²) < 4.78 is 79.4. The van der Waals surface area contributed by atoms with Crippen molar-refractivity contribution in [1.82, 2.24) is 9.97 Å². The van der Waals surface area contributed by atoms with Crippen molar-refractivity contribution < 1.29 is 30.7 Å². The normalized spacial score (nSPS) is 15.9. The predicted octanol–water partition coefficient (Wildman–Crippen LogP) is 5.84. The topological polar surface area (TPSA) is 94.3 Å². The molecule has 0 unspecified atom stereocenters. The molecule has 0 bridgehead atoms. The first kappa shape index (κ1) is 23.4. The van der Waals surface area contributed by atoms with E-state index in [9.17, 15) is 21.6 Å². The van der Waals surface area contributed by atoms with Crippen LogP contribution in [0.15, 0.2) is 63.6 Å². The maximum atomic E-state index is 13.5. The fourth-order valence-corrected chi connectivity index (χ4v) is 5.86. The van der Waals surface area contributed by atoms with Crippen LogP contribution in [0.2, 0.25) is 0 Å². The minimum atomic E-state index is -4.52. The van der Waals surface area contributed by atoms with E-state index in [-0.39, 0.29) is 22.6 Å². The number of anilines is 1. The molecule has 3 heterocycles. The van der Waals surface area contributed by atoms with Crippen LogP contribution in [0.4, 0.5) is 18.3 Å². The van der Waals surface area contributed by atoms with Crippen molar-refractivity contribution in [2.24, 2.45) is 0 Å². The number of ether oxygens (including phenoxy) is 1. The number of rotatable bonds is 5. The number of thiazole rings is 1. The third-order valence-corrected chi connectivity index (χ3v) is 7.79. The van der Waals surface area contributed by atoms with Crippen LogP contribution in [-0.2, 0) is 16.2 Å². The second-order valence-corrected chi connectivity index (χ2v) is 10.5. The zero-order valence-corrected chi connectivity index (χ0v) is 19.8. The maximum absolute atomic E-state index is 13.5.